The second-order valence-electron chi connectivity index (χ2n) is 4.83. The summed E-state index contributed by atoms with van der Waals surface area (Å²) in [5.41, 5.74) is 1.47. The SMILES string of the molecule is CCNC(CCc1ccsc1)Cc1c(F)cccc1F. The topological polar surface area (TPSA) is 12.0 Å². The molecule has 1 unspecified atom stereocenters. The maximum absolute atomic E-state index is 13.7. The lowest BCUT2D eigenvalue weighted by Crippen LogP contribution is -2.32. The molecule has 2 rings (SSSR count). The van der Waals surface area contributed by atoms with Crippen molar-refractivity contribution in [1.82, 2.24) is 5.32 Å². The molecule has 0 fully saturated rings. The van der Waals surface area contributed by atoms with E-state index < -0.39 is 11.6 Å². The third-order valence-electron chi connectivity index (χ3n) is 3.37. The van der Waals surface area contributed by atoms with E-state index in [0.717, 1.165) is 19.4 Å². The first-order chi connectivity index (χ1) is 9.70. The number of thiophene rings is 1. The predicted molar refractivity (Wildman–Crippen MR) is 80.2 cm³/mol. The van der Waals surface area contributed by atoms with Crippen LogP contribution in [0.5, 0.6) is 0 Å². The number of halogens is 2. The highest BCUT2D eigenvalue weighted by molar-refractivity contribution is 7.07. The van der Waals surface area contributed by atoms with Gasteiger partial charge >= 0.3 is 0 Å². The van der Waals surface area contributed by atoms with Crippen LogP contribution in [0.1, 0.15) is 24.5 Å². The summed E-state index contributed by atoms with van der Waals surface area (Å²) < 4.78 is 27.4. The van der Waals surface area contributed by atoms with Gasteiger partial charge in [-0.2, -0.15) is 11.3 Å². The van der Waals surface area contributed by atoms with Gasteiger partial charge in [-0.1, -0.05) is 13.0 Å². The molecule has 0 saturated heterocycles. The normalized spacial score (nSPS) is 12.6. The van der Waals surface area contributed by atoms with E-state index in [4.69, 9.17) is 0 Å². The van der Waals surface area contributed by atoms with E-state index in [1.807, 2.05) is 12.3 Å². The Bertz CT molecular complexity index is 505. The Morgan fingerprint density at radius 2 is 1.95 bits per heavy atom. The summed E-state index contributed by atoms with van der Waals surface area (Å²) in [6, 6.07) is 6.23. The van der Waals surface area contributed by atoms with Gasteiger partial charge < -0.3 is 5.32 Å². The lowest BCUT2D eigenvalue weighted by Gasteiger charge is -2.18. The van der Waals surface area contributed by atoms with E-state index in [2.05, 4.69) is 16.8 Å². The monoisotopic (exact) mass is 295 g/mol. The van der Waals surface area contributed by atoms with E-state index in [0.29, 0.717) is 6.42 Å². The van der Waals surface area contributed by atoms with Crippen molar-refractivity contribution in [2.75, 3.05) is 6.54 Å². The zero-order valence-corrected chi connectivity index (χ0v) is 12.4. The molecule has 108 valence electrons. The summed E-state index contributed by atoms with van der Waals surface area (Å²) in [5.74, 6) is -0.910. The molecule has 1 heterocycles. The summed E-state index contributed by atoms with van der Waals surface area (Å²) >= 11 is 1.67. The number of rotatable bonds is 7. The van der Waals surface area contributed by atoms with Crippen LogP contribution in [0.2, 0.25) is 0 Å². The number of hydrogen-bond acceptors (Lipinski definition) is 2. The Kier molecular flexibility index (Phi) is 5.68. The van der Waals surface area contributed by atoms with Crippen molar-refractivity contribution in [3.05, 3.63) is 57.8 Å². The first kappa shape index (κ1) is 15.1. The van der Waals surface area contributed by atoms with Crippen molar-refractivity contribution in [1.29, 1.82) is 0 Å². The minimum absolute atomic E-state index is 0.0892. The van der Waals surface area contributed by atoms with Gasteiger partial charge in [0.15, 0.2) is 0 Å². The average Bonchev–Trinajstić information content (AvgIpc) is 2.93. The smallest absolute Gasteiger partial charge is 0.129 e. The Morgan fingerprint density at radius 1 is 1.20 bits per heavy atom. The van der Waals surface area contributed by atoms with Gasteiger partial charge in [0.25, 0.3) is 0 Å². The molecule has 0 radical (unpaired) electrons. The van der Waals surface area contributed by atoms with E-state index >= 15 is 0 Å². The van der Waals surface area contributed by atoms with Crippen LogP contribution >= 0.6 is 11.3 Å². The fourth-order valence-electron chi connectivity index (χ4n) is 2.31. The van der Waals surface area contributed by atoms with Crippen LogP contribution < -0.4 is 5.32 Å². The van der Waals surface area contributed by atoms with Crippen molar-refractivity contribution >= 4 is 11.3 Å². The van der Waals surface area contributed by atoms with Crippen LogP contribution in [0.25, 0.3) is 0 Å². The van der Waals surface area contributed by atoms with Gasteiger partial charge in [-0.3, -0.25) is 0 Å². The molecule has 0 aliphatic rings. The molecule has 1 nitrogen and oxygen atoms in total. The van der Waals surface area contributed by atoms with Gasteiger partial charge in [0, 0.05) is 11.6 Å². The minimum Gasteiger partial charge on any atom is -0.314 e. The standard InChI is InChI=1S/C16H19F2NS/c1-2-19-13(7-6-12-8-9-20-11-12)10-14-15(17)4-3-5-16(14)18/h3-5,8-9,11,13,19H,2,6-7,10H2,1H3. The summed E-state index contributed by atoms with van der Waals surface area (Å²) in [6.45, 7) is 2.81. The van der Waals surface area contributed by atoms with Crippen LogP contribution in [0, 0.1) is 11.6 Å². The third kappa shape index (κ3) is 4.12. The molecule has 0 saturated carbocycles. The number of benzene rings is 1. The summed E-state index contributed by atoms with van der Waals surface area (Å²) in [4.78, 5) is 0. The predicted octanol–water partition coefficient (Wildman–Crippen LogP) is 4.18. The Hall–Kier alpha value is -1.26. The van der Waals surface area contributed by atoms with Gasteiger partial charge in [-0.15, -0.1) is 0 Å². The molecular formula is C16H19F2NS. The van der Waals surface area contributed by atoms with E-state index in [1.165, 1.54) is 23.8 Å². The molecule has 1 N–H and O–H groups in total. The van der Waals surface area contributed by atoms with Crippen molar-refractivity contribution < 1.29 is 8.78 Å². The first-order valence-electron chi connectivity index (χ1n) is 6.88. The Morgan fingerprint density at radius 3 is 2.55 bits per heavy atom. The van der Waals surface area contributed by atoms with Crippen LogP contribution in [0.4, 0.5) is 8.78 Å². The molecule has 1 aromatic carbocycles. The van der Waals surface area contributed by atoms with Crippen molar-refractivity contribution in [2.24, 2.45) is 0 Å². The molecule has 0 spiro atoms. The fourth-order valence-corrected chi connectivity index (χ4v) is 3.02. The highest BCUT2D eigenvalue weighted by atomic mass is 32.1. The van der Waals surface area contributed by atoms with Crippen molar-refractivity contribution in [3.8, 4) is 0 Å². The molecule has 4 heteroatoms. The largest absolute Gasteiger partial charge is 0.314 e. The lowest BCUT2D eigenvalue weighted by atomic mass is 9.99. The molecular weight excluding hydrogens is 276 g/mol. The van der Waals surface area contributed by atoms with E-state index in [-0.39, 0.29) is 11.6 Å². The summed E-state index contributed by atoms with van der Waals surface area (Å²) in [6.07, 6.45) is 2.19. The number of aryl methyl sites for hydroxylation is 1. The quantitative estimate of drug-likeness (QED) is 0.808. The maximum Gasteiger partial charge on any atom is 0.129 e. The third-order valence-corrected chi connectivity index (χ3v) is 4.10. The number of likely N-dealkylation sites (N-methyl/N-ethyl adjacent to an activating group) is 1. The van der Waals surface area contributed by atoms with Gasteiger partial charge in [-0.25, -0.2) is 8.78 Å². The molecule has 2 aromatic rings. The zero-order valence-electron chi connectivity index (χ0n) is 11.5. The van der Waals surface area contributed by atoms with Gasteiger partial charge in [-0.05, 0) is 60.3 Å². The highest BCUT2D eigenvalue weighted by Gasteiger charge is 2.15. The second-order valence-corrected chi connectivity index (χ2v) is 5.61. The molecule has 20 heavy (non-hydrogen) atoms. The molecule has 0 amide bonds. The van der Waals surface area contributed by atoms with Crippen LogP contribution in [-0.2, 0) is 12.8 Å². The lowest BCUT2D eigenvalue weighted by molar-refractivity contribution is 0.464. The van der Waals surface area contributed by atoms with Gasteiger partial charge in [0.05, 0.1) is 0 Å². The van der Waals surface area contributed by atoms with E-state index in [9.17, 15) is 8.78 Å². The Labute approximate surface area is 122 Å². The van der Waals surface area contributed by atoms with Gasteiger partial charge in [0.2, 0.25) is 0 Å². The average molecular weight is 295 g/mol. The number of hydrogen-bond donors (Lipinski definition) is 1. The summed E-state index contributed by atoms with van der Waals surface area (Å²) in [7, 11) is 0. The van der Waals surface area contributed by atoms with E-state index in [1.54, 1.807) is 11.3 Å². The molecule has 1 aromatic heterocycles. The fraction of sp³-hybridized carbons (Fsp3) is 0.375. The molecule has 1 atom stereocenters. The molecule has 0 aliphatic heterocycles. The summed E-state index contributed by atoms with van der Waals surface area (Å²) in [5, 5.41) is 7.49. The van der Waals surface area contributed by atoms with Crippen LogP contribution in [-0.4, -0.2) is 12.6 Å². The Balaban J connectivity index is 2.01. The minimum atomic E-state index is -0.455. The first-order valence-corrected chi connectivity index (χ1v) is 7.82. The van der Waals surface area contributed by atoms with Crippen molar-refractivity contribution in [3.63, 3.8) is 0 Å². The van der Waals surface area contributed by atoms with Crippen LogP contribution in [0.3, 0.4) is 0 Å². The highest BCUT2D eigenvalue weighted by Crippen LogP contribution is 2.17. The molecule has 0 bridgehead atoms. The second kappa shape index (κ2) is 7.50. The molecule has 0 aliphatic carbocycles. The van der Waals surface area contributed by atoms with Crippen molar-refractivity contribution in [2.45, 2.75) is 32.2 Å². The zero-order chi connectivity index (χ0) is 14.4. The number of nitrogens with one attached hydrogen (secondary N) is 1. The van der Waals surface area contributed by atoms with Gasteiger partial charge in [0.1, 0.15) is 11.6 Å². The maximum atomic E-state index is 13.7. The van der Waals surface area contributed by atoms with Crippen LogP contribution in [0.15, 0.2) is 35.0 Å².